The minimum Gasteiger partial charge on any atom is -0.378 e. The lowest BCUT2D eigenvalue weighted by molar-refractivity contribution is 0.0548. The molecule has 8 nitrogen and oxygen atoms in total. The van der Waals surface area contributed by atoms with Crippen molar-refractivity contribution in [2.24, 2.45) is 5.84 Å². The van der Waals surface area contributed by atoms with Gasteiger partial charge in [0, 0.05) is 30.0 Å². The van der Waals surface area contributed by atoms with Crippen LogP contribution in [0.1, 0.15) is 16.1 Å². The summed E-state index contributed by atoms with van der Waals surface area (Å²) >= 11 is 6.11. The molecule has 0 saturated carbocycles. The summed E-state index contributed by atoms with van der Waals surface area (Å²) in [7, 11) is 0. The molecule has 1 aromatic carbocycles. The van der Waals surface area contributed by atoms with Crippen LogP contribution in [0.3, 0.4) is 0 Å². The number of nitrogens with zero attached hydrogens (tertiary/aromatic N) is 3. The van der Waals surface area contributed by atoms with Crippen molar-refractivity contribution in [2.75, 3.05) is 31.2 Å². The van der Waals surface area contributed by atoms with Gasteiger partial charge in [-0.05, 0) is 30.3 Å². The number of urea groups is 1. The fourth-order valence-corrected chi connectivity index (χ4v) is 2.92. The largest absolute Gasteiger partial charge is 0.378 e. The molecule has 3 amide bonds. The summed E-state index contributed by atoms with van der Waals surface area (Å²) < 4.78 is 5.32. The van der Waals surface area contributed by atoms with E-state index < -0.39 is 5.91 Å². The van der Waals surface area contributed by atoms with Crippen molar-refractivity contribution in [3.05, 3.63) is 58.9 Å². The van der Waals surface area contributed by atoms with Gasteiger partial charge in [-0.15, -0.1) is 0 Å². The number of pyridine rings is 1. The van der Waals surface area contributed by atoms with Crippen LogP contribution >= 0.6 is 11.6 Å². The first-order valence-corrected chi connectivity index (χ1v) is 8.82. The molecule has 1 saturated heterocycles. The number of nitrogen functional groups attached to an aromatic ring is 1. The van der Waals surface area contributed by atoms with Crippen LogP contribution in [-0.4, -0.2) is 48.1 Å². The van der Waals surface area contributed by atoms with E-state index in [0.29, 0.717) is 48.3 Å². The Balaban J connectivity index is 1.85. The van der Waals surface area contributed by atoms with Gasteiger partial charge in [0.1, 0.15) is 0 Å². The molecule has 0 radical (unpaired) electrons. The van der Waals surface area contributed by atoms with Crippen LogP contribution in [0, 0.1) is 0 Å². The third-order valence-corrected chi connectivity index (χ3v) is 4.41. The van der Waals surface area contributed by atoms with Crippen LogP contribution in [0.4, 0.5) is 10.5 Å². The highest BCUT2D eigenvalue weighted by molar-refractivity contribution is 6.30. The van der Waals surface area contributed by atoms with Gasteiger partial charge in [-0.3, -0.25) is 20.1 Å². The number of amides is 3. The number of anilines is 1. The number of rotatable bonds is 4. The van der Waals surface area contributed by atoms with Gasteiger partial charge in [0.05, 0.1) is 31.0 Å². The van der Waals surface area contributed by atoms with Gasteiger partial charge >= 0.3 is 6.03 Å². The second-order valence-corrected chi connectivity index (χ2v) is 6.40. The molecule has 2 heterocycles. The van der Waals surface area contributed by atoms with Gasteiger partial charge in [0.2, 0.25) is 0 Å². The minimum atomic E-state index is -0.426. The Kier molecular flexibility index (Phi) is 6.23. The fraction of sp³-hybridized carbons (Fsp3) is 0.278. The van der Waals surface area contributed by atoms with Crippen molar-refractivity contribution < 1.29 is 14.3 Å². The van der Waals surface area contributed by atoms with E-state index in [-0.39, 0.29) is 12.6 Å². The average molecular weight is 390 g/mol. The normalized spacial score (nSPS) is 13.9. The lowest BCUT2D eigenvalue weighted by atomic mass is 10.2. The molecule has 3 rings (SSSR count). The van der Waals surface area contributed by atoms with Crippen LogP contribution in [0.2, 0.25) is 5.02 Å². The Morgan fingerprint density at radius 1 is 1.26 bits per heavy atom. The summed E-state index contributed by atoms with van der Waals surface area (Å²) in [6.07, 6.45) is 1.42. The Hall–Kier alpha value is -2.68. The smallest absolute Gasteiger partial charge is 0.325 e. The molecule has 0 unspecified atom stereocenters. The van der Waals surface area contributed by atoms with Gasteiger partial charge in [-0.1, -0.05) is 17.7 Å². The molecular formula is C18H20ClN5O3. The molecule has 142 valence electrons. The number of ether oxygens (including phenoxy) is 1. The maximum absolute atomic E-state index is 13.1. The predicted octanol–water partition coefficient (Wildman–Crippen LogP) is 1.80. The quantitative estimate of drug-likeness (QED) is 0.471. The molecule has 27 heavy (non-hydrogen) atoms. The third-order valence-electron chi connectivity index (χ3n) is 4.17. The Labute approximate surface area is 161 Å². The monoisotopic (exact) mass is 389 g/mol. The van der Waals surface area contributed by atoms with E-state index in [9.17, 15) is 9.59 Å². The maximum Gasteiger partial charge on any atom is 0.325 e. The first kappa shape index (κ1) is 19.1. The van der Waals surface area contributed by atoms with Crippen molar-refractivity contribution in [1.82, 2.24) is 15.3 Å². The van der Waals surface area contributed by atoms with E-state index in [1.807, 2.05) is 6.07 Å². The molecule has 0 atom stereocenters. The fourth-order valence-electron chi connectivity index (χ4n) is 2.74. The van der Waals surface area contributed by atoms with Gasteiger partial charge in [0.25, 0.3) is 5.91 Å². The van der Waals surface area contributed by atoms with E-state index in [1.54, 1.807) is 40.1 Å². The number of morpholine rings is 1. The van der Waals surface area contributed by atoms with Crippen LogP contribution < -0.4 is 16.2 Å². The maximum atomic E-state index is 13.1. The zero-order valence-corrected chi connectivity index (χ0v) is 15.4. The number of benzene rings is 1. The zero-order chi connectivity index (χ0) is 19.2. The number of hydrogen-bond acceptors (Lipinski definition) is 5. The number of hydrogen-bond donors (Lipinski definition) is 2. The highest BCUT2D eigenvalue weighted by atomic mass is 35.5. The average Bonchev–Trinajstić information content (AvgIpc) is 2.72. The Morgan fingerprint density at radius 3 is 2.67 bits per heavy atom. The second kappa shape index (κ2) is 8.81. The molecule has 1 fully saturated rings. The minimum absolute atomic E-state index is 0.147. The second-order valence-electron chi connectivity index (χ2n) is 5.96. The molecule has 1 aromatic heterocycles. The van der Waals surface area contributed by atoms with Crippen molar-refractivity contribution >= 4 is 29.2 Å². The van der Waals surface area contributed by atoms with E-state index in [4.69, 9.17) is 22.2 Å². The molecule has 1 aliphatic heterocycles. The predicted molar refractivity (Wildman–Crippen MR) is 101 cm³/mol. The van der Waals surface area contributed by atoms with Crippen molar-refractivity contribution in [1.29, 1.82) is 0 Å². The Bertz CT molecular complexity index is 809. The topological polar surface area (TPSA) is 101 Å². The number of nitrogens with one attached hydrogen (secondary N) is 1. The van der Waals surface area contributed by atoms with E-state index in [1.165, 1.54) is 6.20 Å². The van der Waals surface area contributed by atoms with Crippen LogP contribution in [0.5, 0.6) is 0 Å². The van der Waals surface area contributed by atoms with Crippen molar-refractivity contribution in [3.63, 3.8) is 0 Å². The van der Waals surface area contributed by atoms with Crippen molar-refractivity contribution in [3.8, 4) is 0 Å². The van der Waals surface area contributed by atoms with E-state index >= 15 is 0 Å². The van der Waals surface area contributed by atoms with E-state index in [2.05, 4.69) is 10.4 Å². The van der Waals surface area contributed by atoms with Gasteiger partial charge in [-0.25, -0.2) is 10.6 Å². The molecular weight excluding hydrogens is 370 g/mol. The number of carbonyl (C=O) groups is 2. The lowest BCUT2D eigenvalue weighted by Crippen LogP contribution is -2.48. The number of aromatic nitrogens is 1. The van der Waals surface area contributed by atoms with Crippen molar-refractivity contribution in [2.45, 2.75) is 6.54 Å². The highest BCUT2D eigenvalue weighted by Crippen LogP contribution is 2.23. The van der Waals surface area contributed by atoms with Gasteiger partial charge in [0.15, 0.2) is 0 Å². The first-order chi connectivity index (χ1) is 13.1. The zero-order valence-electron chi connectivity index (χ0n) is 14.6. The van der Waals surface area contributed by atoms with E-state index in [0.717, 1.165) is 0 Å². The first-order valence-electron chi connectivity index (χ1n) is 8.44. The molecule has 1 aliphatic rings. The molecule has 0 bridgehead atoms. The number of hydrazine groups is 1. The standard InChI is InChI=1S/C18H20ClN5O3/c19-14-2-1-3-16(10-14)24(18(26)23-6-8-27-9-7-23)12-15-5-4-13(11-21-15)17(25)22-20/h1-5,10-11H,6-9,12,20H2,(H,22,25). The summed E-state index contributed by atoms with van der Waals surface area (Å²) in [5.41, 5.74) is 3.70. The summed E-state index contributed by atoms with van der Waals surface area (Å²) in [6.45, 7) is 2.31. The van der Waals surface area contributed by atoms with Crippen LogP contribution in [-0.2, 0) is 11.3 Å². The summed E-state index contributed by atoms with van der Waals surface area (Å²) in [6, 6.07) is 10.2. The number of carbonyl (C=O) groups excluding carboxylic acids is 2. The van der Waals surface area contributed by atoms with Gasteiger partial charge in [-0.2, -0.15) is 0 Å². The van der Waals surface area contributed by atoms with Crippen LogP contribution in [0.25, 0.3) is 0 Å². The van der Waals surface area contributed by atoms with Crippen LogP contribution in [0.15, 0.2) is 42.6 Å². The molecule has 9 heteroatoms. The molecule has 0 spiro atoms. The van der Waals surface area contributed by atoms with Gasteiger partial charge < -0.3 is 9.64 Å². The summed E-state index contributed by atoms with van der Waals surface area (Å²) in [5.74, 6) is 4.70. The summed E-state index contributed by atoms with van der Waals surface area (Å²) in [5, 5.41) is 0.537. The molecule has 2 aromatic rings. The summed E-state index contributed by atoms with van der Waals surface area (Å²) in [4.78, 5) is 32.3. The SMILES string of the molecule is NNC(=O)c1ccc(CN(C(=O)N2CCOCC2)c2cccc(Cl)c2)nc1. The lowest BCUT2D eigenvalue weighted by Gasteiger charge is -2.33. The number of halogens is 1. The Morgan fingerprint density at radius 2 is 2.04 bits per heavy atom. The third kappa shape index (κ3) is 4.73. The number of nitrogens with two attached hydrogens (primary N) is 1. The molecule has 0 aliphatic carbocycles. The highest BCUT2D eigenvalue weighted by Gasteiger charge is 2.25. The molecule has 3 N–H and O–H groups in total.